The van der Waals surface area contributed by atoms with Crippen LogP contribution in [0.1, 0.15) is 27.7 Å². The summed E-state index contributed by atoms with van der Waals surface area (Å²) in [6, 6.07) is 13.3. The van der Waals surface area contributed by atoms with Gasteiger partial charge in [0, 0.05) is 10.9 Å². The third kappa shape index (κ3) is 6.15. The SMILES string of the molecule is CCOc1ccc(N(CC(=O)N[C@@H](C)C(C)C)S(=O)(=O)c2ccc(SC)cc2)cc1. The molecule has 1 amide bonds. The van der Waals surface area contributed by atoms with E-state index in [1.165, 1.54) is 11.8 Å². The van der Waals surface area contributed by atoms with Crippen molar-refractivity contribution in [2.75, 3.05) is 23.7 Å². The standard InChI is InChI=1S/C22H30N2O4S2/c1-6-28-19-9-7-18(8-10-19)24(15-22(25)23-17(4)16(2)3)30(26,27)21-13-11-20(29-5)12-14-21/h7-14,16-17H,6,15H2,1-5H3,(H,23,25)/t17-/m0/s1. The number of thioether (sulfide) groups is 1. The number of carbonyl (C=O) groups excluding carboxylic acids is 1. The van der Waals surface area contributed by atoms with Crippen LogP contribution in [0.5, 0.6) is 5.75 Å². The zero-order valence-electron chi connectivity index (χ0n) is 18.1. The molecule has 0 aliphatic heterocycles. The average Bonchev–Trinajstić information content (AvgIpc) is 2.72. The van der Waals surface area contributed by atoms with Gasteiger partial charge in [0.25, 0.3) is 10.0 Å². The van der Waals surface area contributed by atoms with E-state index < -0.39 is 10.0 Å². The Balaban J connectivity index is 2.39. The number of nitrogens with one attached hydrogen (secondary N) is 1. The van der Waals surface area contributed by atoms with Crippen molar-refractivity contribution in [3.63, 3.8) is 0 Å². The molecule has 0 spiro atoms. The molecule has 2 aromatic carbocycles. The van der Waals surface area contributed by atoms with Gasteiger partial charge in [-0.2, -0.15) is 0 Å². The summed E-state index contributed by atoms with van der Waals surface area (Å²) in [5.41, 5.74) is 0.403. The third-order valence-electron chi connectivity index (χ3n) is 4.76. The Bertz CT molecular complexity index is 927. The number of sulfonamides is 1. The van der Waals surface area contributed by atoms with E-state index >= 15 is 0 Å². The second-order valence-corrected chi connectivity index (χ2v) is 9.96. The fourth-order valence-corrected chi connectivity index (χ4v) is 4.49. The van der Waals surface area contributed by atoms with E-state index in [2.05, 4.69) is 5.32 Å². The number of hydrogen-bond donors (Lipinski definition) is 1. The molecule has 30 heavy (non-hydrogen) atoms. The molecule has 0 heterocycles. The second kappa shape index (κ2) is 10.7. The number of anilines is 1. The van der Waals surface area contributed by atoms with Crippen molar-refractivity contribution < 1.29 is 17.9 Å². The largest absolute Gasteiger partial charge is 0.494 e. The molecule has 0 bridgehead atoms. The van der Waals surface area contributed by atoms with E-state index in [1.807, 2.05) is 34.0 Å². The molecule has 0 fully saturated rings. The Morgan fingerprint density at radius 3 is 2.17 bits per heavy atom. The first-order valence-electron chi connectivity index (χ1n) is 9.88. The highest BCUT2D eigenvalue weighted by atomic mass is 32.2. The number of amides is 1. The van der Waals surface area contributed by atoms with Gasteiger partial charge in [-0.3, -0.25) is 9.10 Å². The predicted octanol–water partition coefficient (Wildman–Crippen LogP) is 4.16. The van der Waals surface area contributed by atoms with Crippen LogP contribution in [-0.2, 0) is 14.8 Å². The maximum atomic E-state index is 13.4. The van der Waals surface area contributed by atoms with E-state index in [9.17, 15) is 13.2 Å². The van der Waals surface area contributed by atoms with Crippen LogP contribution >= 0.6 is 11.8 Å². The number of benzene rings is 2. The average molecular weight is 451 g/mol. The van der Waals surface area contributed by atoms with Crippen molar-refractivity contribution in [1.82, 2.24) is 5.32 Å². The maximum absolute atomic E-state index is 13.4. The lowest BCUT2D eigenvalue weighted by atomic mass is 10.1. The van der Waals surface area contributed by atoms with Gasteiger partial charge in [-0.05, 0) is 74.6 Å². The van der Waals surface area contributed by atoms with Gasteiger partial charge in [0.1, 0.15) is 12.3 Å². The predicted molar refractivity (Wildman–Crippen MR) is 123 cm³/mol. The number of carbonyl (C=O) groups is 1. The first-order valence-corrected chi connectivity index (χ1v) is 12.5. The van der Waals surface area contributed by atoms with Gasteiger partial charge in [-0.25, -0.2) is 8.42 Å². The summed E-state index contributed by atoms with van der Waals surface area (Å²) in [4.78, 5) is 13.7. The third-order valence-corrected chi connectivity index (χ3v) is 7.29. The van der Waals surface area contributed by atoms with Crippen molar-refractivity contribution in [2.24, 2.45) is 5.92 Å². The van der Waals surface area contributed by atoms with Crippen LogP contribution in [0, 0.1) is 5.92 Å². The summed E-state index contributed by atoms with van der Waals surface area (Å²) in [6.07, 6.45) is 1.93. The van der Waals surface area contributed by atoms with Crippen LogP contribution in [0.15, 0.2) is 58.3 Å². The summed E-state index contributed by atoms with van der Waals surface area (Å²) in [6.45, 7) is 7.98. The Labute approximate surface area is 184 Å². The normalized spacial score (nSPS) is 12.5. The van der Waals surface area contributed by atoms with Gasteiger partial charge in [0.15, 0.2) is 0 Å². The zero-order chi connectivity index (χ0) is 22.3. The van der Waals surface area contributed by atoms with Crippen molar-refractivity contribution in [1.29, 1.82) is 0 Å². The highest BCUT2D eigenvalue weighted by Gasteiger charge is 2.28. The van der Waals surface area contributed by atoms with Crippen LogP contribution in [0.2, 0.25) is 0 Å². The molecule has 6 nitrogen and oxygen atoms in total. The lowest BCUT2D eigenvalue weighted by Gasteiger charge is -2.26. The van der Waals surface area contributed by atoms with Crippen molar-refractivity contribution >= 4 is 33.4 Å². The van der Waals surface area contributed by atoms with Crippen LogP contribution in [0.3, 0.4) is 0 Å². The molecule has 0 aliphatic rings. The Morgan fingerprint density at radius 2 is 1.67 bits per heavy atom. The van der Waals surface area contributed by atoms with E-state index in [4.69, 9.17) is 4.74 Å². The van der Waals surface area contributed by atoms with Crippen molar-refractivity contribution in [2.45, 2.75) is 43.5 Å². The first kappa shape index (κ1) is 24.1. The molecular formula is C22H30N2O4S2. The van der Waals surface area contributed by atoms with E-state index in [-0.39, 0.29) is 29.3 Å². The van der Waals surface area contributed by atoms with Crippen molar-refractivity contribution in [3.05, 3.63) is 48.5 Å². The fourth-order valence-electron chi connectivity index (χ4n) is 2.66. The molecule has 1 atom stereocenters. The van der Waals surface area contributed by atoms with Crippen molar-refractivity contribution in [3.8, 4) is 5.75 Å². The number of rotatable bonds is 10. The minimum absolute atomic E-state index is 0.0664. The lowest BCUT2D eigenvalue weighted by Crippen LogP contribution is -2.45. The number of hydrogen-bond acceptors (Lipinski definition) is 5. The second-order valence-electron chi connectivity index (χ2n) is 7.21. The van der Waals surface area contributed by atoms with Gasteiger partial charge in [0.2, 0.25) is 5.91 Å². The number of nitrogens with zero attached hydrogens (tertiary/aromatic N) is 1. The summed E-state index contributed by atoms with van der Waals surface area (Å²) < 4.78 is 33.4. The molecule has 0 aliphatic carbocycles. The minimum atomic E-state index is -3.93. The fraction of sp³-hybridized carbons (Fsp3) is 0.409. The first-order chi connectivity index (χ1) is 14.2. The van der Waals surface area contributed by atoms with Gasteiger partial charge < -0.3 is 10.1 Å². The van der Waals surface area contributed by atoms with Gasteiger partial charge in [-0.15, -0.1) is 11.8 Å². The molecule has 0 aromatic heterocycles. The molecule has 2 aromatic rings. The van der Waals surface area contributed by atoms with Gasteiger partial charge >= 0.3 is 0 Å². The topological polar surface area (TPSA) is 75.7 Å². The van der Waals surface area contributed by atoms with E-state index in [0.29, 0.717) is 18.0 Å². The quantitative estimate of drug-likeness (QED) is 0.550. The molecule has 8 heteroatoms. The Morgan fingerprint density at radius 1 is 1.07 bits per heavy atom. The lowest BCUT2D eigenvalue weighted by molar-refractivity contribution is -0.120. The summed E-state index contributed by atoms with van der Waals surface area (Å²) >= 11 is 1.53. The van der Waals surface area contributed by atoms with Gasteiger partial charge in [-0.1, -0.05) is 13.8 Å². The zero-order valence-corrected chi connectivity index (χ0v) is 19.7. The van der Waals surface area contributed by atoms with Crippen LogP contribution in [-0.4, -0.2) is 39.8 Å². The Kier molecular flexibility index (Phi) is 8.61. The molecule has 0 saturated carbocycles. The number of ether oxygens (including phenoxy) is 1. The molecule has 0 unspecified atom stereocenters. The highest BCUT2D eigenvalue weighted by Crippen LogP contribution is 2.27. The van der Waals surface area contributed by atoms with Crippen LogP contribution in [0.25, 0.3) is 0 Å². The molecule has 0 radical (unpaired) electrons. The van der Waals surface area contributed by atoms with E-state index in [1.54, 1.807) is 48.5 Å². The summed E-state index contributed by atoms with van der Waals surface area (Å²) in [7, 11) is -3.93. The molecule has 0 saturated heterocycles. The monoisotopic (exact) mass is 450 g/mol. The smallest absolute Gasteiger partial charge is 0.264 e. The van der Waals surface area contributed by atoms with Crippen LogP contribution in [0.4, 0.5) is 5.69 Å². The molecule has 1 N–H and O–H groups in total. The highest BCUT2D eigenvalue weighted by molar-refractivity contribution is 7.98. The van der Waals surface area contributed by atoms with Gasteiger partial charge in [0.05, 0.1) is 17.2 Å². The molecule has 2 rings (SSSR count). The minimum Gasteiger partial charge on any atom is -0.494 e. The summed E-state index contributed by atoms with van der Waals surface area (Å²) in [5, 5.41) is 2.88. The summed E-state index contributed by atoms with van der Waals surface area (Å²) in [5.74, 6) is 0.527. The Hall–Kier alpha value is -2.19. The molecular weight excluding hydrogens is 420 g/mol. The molecule has 164 valence electrons. The van der Waals surface area contributed by atoms with E-state index in [0.717, 1.165) is 9.20 Å². The maximum Gasteiger partial charge on any atom is 0.264 e. The van der Waals surface area contributed by atoms with Crippen LogP contribution < -0.4 is 14.4 Å².